The second kappa shape index (κ2) is 8.04. The molecular weight excluding hydrogens is 260 g/mol. The Bertz CT molecular complexity index is 474. The van der Waals surface area contributed by atoms with Gasteiger partial charge in [0.05, 0.1) is 7.11 Å². The quantitative estimate of drug-likeness (QED) is 0.670. The number of unbranched alkanes of at least 4 members (excludes halogenated alkanes) is 2. The molecule has 0 heterocycles. The average Bonchev–Trinajstić information content (AvgIpc) is 2.43. The molecule has 1 aromatic rings. The Hall–Kier alpha value is -2.24. The third-order valence-corrected chi connectivity index (χ3v) is 2.76. The van der Waals surface area contributed by atoms with Crippen molar-refractivity contribution in [3.8, 4) is 5.75 Å². The predicted molar refractivity (Wildman–Crippen MR) is 76.5 cm³/mol. The number of hydrogen-bond acceptors (Lipinski definition) is 3. The van der Waals surface area contributed by atoms with Crippen molar-refractivity contribution >= 4 is 17.7 Å². The summed E-state index contributed by atoms with van der Waals surface area (Å²) in [7, 11) is 1.39. The zero-order valence-electron chi connectivity index (χ0n) is 11.7. The SMILES string of the molecule is CCCCCNC(=O)Nc1ccc(C(=O)O)c(OC)c1. The lowest BCUT2D eigenvalue weighted by Gasteiger charge is -2.10. The van der Waals surface area contributed by atoms with Gasteiger partial charge in [-0.2, -0.15) is 0 Å². The number of aromatic carboxylic acids is 1. The molecular formula is C14H20N2O4. The number of urea groups is 1. The summed E-state index contributed by atoms with van der Waals surface area (Å²) in [4.78, 5) is 22.6. The topological polar surface area (TPSA) is 87.7 Å². The van der Waals surface area contributed by atoms with Gasteiger partial charge in [0.25, 0.3) is 0 Å². The number of benzene rings is 1. The second-order valence-electron chi connectivity index (χ2n) is 4.31. The number of anilines is 1. The van der Waals surface area contributed by atoms with Crippen molar-refractivity contribution in [1.29, 1.82) is 0 Å². The van der Waals surface area contributed by atoms with Gasteiger partial charge in [0, 0.05) is 18.3 Å². The molecule has 6 heteroatoms. The summed E-state index contributed by atoms with van der Waals surface area (Å²) in [6, 6.07) is 4.09. The van der Waals surface area contributed by atoms with Gasteiger partial charge in [-0.25, -0.2) is 9.59 Å². The molecule has 0 aliphatic rings. The van der Waals surface area contributed by atoms with E-state index in [1.54, 1.807) is 0 Å². The first-order valence-corrected chi connectivity index (χ1v) is 6.54. The number of amides is 2. The number of carboxylic acid groups (broad SMARTS) is 1. The van der Waals surface area contributed by atoms with E-state index in [0.717, 1.165) is 19.3 Å². The molecule has 3 N–H and O–H groups in total. The van der Waals surface area contributed by atoms with Crippen molar-refractivity contribution in [2.45, 2.75) is 26.2 Å². The lowest BCUT2D eigenvalue weighted by Crippen LogP contribution is -2.29. The number of carbonyl (C=O) groups is 2. The van der Waals surface area contributed by atoms with Crippen LogP contribution in [0.5, 0.6) is 5.75 Å². The summed E-state index contributed by atoms with van der Waals surface area (Å²) in [5, 5.41) is 14.3. The monoisotopic (exact) mass is 280 g/mol. The van der Waals surface area contributed by atoms with E-state index in [1.807, 2.05) is 0 Å². The van der Waals surface area contributed by atoms with E-state index in [0.29, 0.717) is 12.2 Å². The van der Waals surface area contributed by atoms with Gasteiger partial charge in [-0.15, -0.1) is 0 Å². The van der Waals surface area contributed by atoms with E-state index in [1.165, 1.54) is 25.3 Å². The van der Waals surface area contributed by atoms with Gasteiger partial charge in [0.2, 0.25) is 0 Å². The van der Waals surface area contributed by atoms with E-state index >= 15 is 0 Å². The average molecular weight is 280 g/mol. The highest BCUT2D eigenvalue weighted by Gasteiger charge is 2.12. The third-order valence-electron chi connectivity index (χ3n) is 2.76. The minimum absolute atomic E-state index is 0.0569. The number of carbonyl (C=O) groups excluding carboxylic acids is 1. The van der Waals surface area contributed by atoms with Crippen molar-refractivity contribution in [2.75, 3.05) is 19.0 Å². The summed E-state index contributed by atoms with van der Waals surface area (Å²) in [6.45, 7) is 2.71. The second-order valence-corrected chi connectivity index (χ2v) is 4.31. The molecule has 0 aromatic heterocycles. The minimum Gasteiger partial charge on any atom is -0.496 e. The molecule has 0 spiro atoms. The fourth-order valence-electron chi connectivity index (χ4n) is 1.70. The Kier molecular flexibility index (Phi) is 6.36. The molecule has 0 saturated carbocycles. The normalized spacial score (nSPS) is 9.90. The van der Waals surface area contributed by atoms with Crippen LogP contribution in [0.1, 0.15) is 36.5 Å². The molecule has 0 radical (unpaired) electrons. The lowest BCUT2D eigenvalue weighted by atomic mass is 10.2. The summed E-state index contributed by atoms with van der Waals surface area (Å²) in [5.74, 6) is -0.862. The van der Waals surface area contributed by atoms with E-state index < -0.39 is 5.97 Å². The van der Waals surface area contributed by atoms with Crippen molar-refractivity contribution in [3.05, 3.63) is 23.8 Å². The Labute approximate surface area is 118 Å². The first-order chi connectivity index (χ1) is 9.58. The van der Waals surface area contributed by atoms with Gasteiger partial charge in [0.15, 0.2) is 0 Å². The maximum absolute atomic E-state index is 11.6. The van der Waals surface area contributed by atoms with Crippen LogP contribution < -0.4 is 15.4 Å². The van der Waals surface area contributed by atoms with Crippen LogP contribution in [0.15, 0.2) is 18.2 Å². The van der Waals surface area contributed by atoms with Gasteiger partial charge >= 0.3 is 12.0 Å². The number of hydrogen-bond donors (Lipinski definition) is 3. The maximum Gasteiger partial charge on any atom is 0.339 e. The fraction of sp³-hybridized carbons (Fsp3) is 0.429. The van der Waals surface area contributed by atoms with Crippen molar-refractivity contribution < 1.29 is 19.4 Å². The van der Waals surface area contributed by atoms with Gasteiger partial charge in [-0.1, -0.05) is 19.8 Å². The summed E-state index contributed by atoms with van der Waals surface area (Å²) in [5.41, 5.74) is 0.543. The molecule has 1 rings (SSSR count). The highest BCUT2D eigenvalue weighted by molar-refractivity contribution is 5.94. The standard InChI is InChI=1S/C14H20N2O4/c1-3-4-5-8-15-14(19)16-10-6-7-11(13(17)18)12(9-10)20-2/h6-7,9H,3-5,8H2,1-2H3,(H,17,18)(H2,15,16,19). The third kappa shape index (κ3) is 4.79. The van der Waals surface area contributed by atoms with Crippen LogP contribution in [0.3, 0.4) is 0 Å². The first kappa shape index (κ1) is 15.8. The van der Waals surface area contributed by atoms with Crippen molar-refractivity contribution in [1.82, 2.24) is 5.32 Å². The number of ether oxygens (including phenoxy) is 1. The summed E-state index contributed by atoms with van der Waals surface area (Å²) < 4.78 is 4.99. The van der Waals surface area contributed by atoms with Crippen molar-refractivity contribution in [2.24, 2.45) is 0 Å². The Morgan fingerprint density at radius 2 is 2.05 bits per heavy atom. The van der Waals surface area contributed by atoms with Crippen LogP contribution in [0.25, 0.3) is 0 Å². The van der Waals surface area contributed by atoms with Gasteiger partial charge < -0.3 is 20.5 Å². The Morgan fingerprint density at radius 3 is 2.65 bits per heavy atom. The van der Waals surface area contributed by atoms with Crippen LogP contribution in [0, 0.1) is 0 Å². The predicted octanol–water partition coefficient (Wildman–Crippen LogP) is 2.71. The van der Waals surface area contributed by atoms with E-state index in [2.05, 4.69) is 17.6 Å². The van der Waals surface area contributed by atoms with Crippen LogP contribution in [-0.4, -0.2) is 30.8 Å². The molecule has 20 heavy (non-hydrogen) atoms. The minimum atomic E-state index is -1.07. The smallest absolute Gasteiger partial charge is 0.339 e. The van der Waals surface area contributed by atoms with Crippen molar-refractivity contribution in [3.63, 3.8) is 0 Å². The largest absolute Gasteiger partial charge is 0.496 e. The van der Waals surface area contributed by atoms with Crippen LogP contribution in [0.2, 0.25) is 0 Å². The van der Waals surface area contributed by atoms with Gasteiger partial charge in [-0.05, 0) is 18.6 Å². The highest BCUT2D eigenvalue weighted by atomic mass is 16.5. The molecule has 0 saturated heterocycles. The molecule has 0 fully saturated rings. The van der Waals surface area contributed by atoms with Gasteiger partial charge in [-0.3, -0.25) is 0 Å². The maximum atomic E-state index is 11.6. The van der Waals surface area contributed by atoms with E-state index in [9.17, 15) is 9.59 Å². The Morgan fingerprint density at radius 1 is 1.30 bits per heavy atom. The highest BCUT2D eigenvalue weighted by Crippen LogP contribution is 2.23. The number of nitrogens with one attached hydrogen (secondary N) is 2. The molecule has 1 aromatic carbocycles. The first-order valence-electron chi connectivity index (χ1n) is 6.54. The molecule has 0 aliphatic carbocycles. The molecule has 2 amide bonds. The molecule has 0 atom stereocenters. The van der Waals surface area contributed by atoms with Crippen LogP contribution in [0.4, 0.5) is 10.5 Å². The zero-order valence-corrected chi connectivity index (χ0v) is 11.7. The molecule has 0 unspecified atom stereocenters. The van der Waals surface area contributed by atoms with Crippen LogP contribution >= 0.6 is 0 Å². The summed E-state index contributed by atoms with van der Waals surface area (Å²) >= 11 is 0. The lowest BCUT2D eigenvalue weighted by molar-refractivity contribution is 0.0693. The van der Waals surface area contributed by atoms with E-state index in [-0.39, 0.29) is 17.3 Å². The molecule has 6 nitrogen and oxygen atoms in total. The number of rotatable bonds is 7. The zero-order chi connectivity index (χ0) is 15.0. The molecule has 110 valence electrons. The molecule has 0 aliphatic heterocycles. The Balaban J connectivity index is 2.59. The fourth-order valence-corrected chi connectivity index (χ4v) is 1.70. The summed E-state index contributed by atoms with van der Waals surface area (Å²) in [6.07, 6.45) is 3.10. The van der Waals surface area contributed by atoms with Crippen LogP contribution in [-0.2, 0) is 0 Å². The molecule has 0 bridgehead atoms. The number of methoxy groups -OCH3 is 1. The van der Waals surface area contributed by atoms with E-state index in [4.69, 9.17) is 9.84 Å². The number of carboxylic acids is 1. The van der Waals surface area contributed by atoms with Gasteiger partial charge in [0.1, 0.15) is 11.3 Å².